The van der Waals surface area contributed by atoms with Gasteiger partial charge in [0.2, 0.25) is 5.91 Å². The molecule has 2 nitrogen and oxygen atoms in total. The normalized spacial score (nSPS) is 16.0. The first-order valence-corrected chi connectivity index (χ1v) is 4.30. The molecular formula is C11H11NO. The molecule has 0 radical (unpaired) electrons. The van der Waals surface area contributed by atoms with Gasteiger partial charge in [-0.05, 0) is 18.1 Å². The van der Waals surface area contributed by atoms with Crippen LogP contribution in [0.25, 0.3) is 0 Å². The summed E-state index contributed by atoms with van der Waals surface area (Å²) in [6.45, 7) is 3.86. The molecule has 0 bridgehead atoms. The van der Waals surface area contributed by atoms with E-state index < -0.39 is 0 Å². The van der Waals surface area contributed by atoms with Crippen LogP contribution in [0.4, 0.5) is 5.69 Å². The third-order valence-corrected chi connectivity index (χ3v) is 2.14. The van der Waals surface area contributed by atoms with Crippen LogP contribution in [0, 0.1) is 0 Å². The van der Waals surface area contributed by atoms with Crippen LogP contribution in [-0.2, 0) is 11.2 Å². The fourth-order valence-electron chi connectivity index (χ4n) is 1.55. The van der Waals surface area contributed by atoms with E-state index in [9.17, 15) is 4.79 Å². The van der Waals surface area contributed by atoms with Crippen LogP contribution in [0.2, 0.25) is 0 Å². The molecule has 0 fully saturated rings. The molecule has 2 heteroatoms. The van der Waals surface area contributed by atoms with Gasteiger partial charge in [-0.25, -0.2) is 0 Å². The van der Waals surface area contributed by atoms with Gasteiger partial charge >= 0.3 is 0 Å². The van der Waals surface area contributed by atoms with Crippen LogP contribution in [0.3, 0.4) is 0 Å². The molecule has 0 saturated heterocycles. The number of amides is 1. The molecule has 66 valence electrons. The minimum absolute atomic E-state index is 0.0370. The molecule has 1 aliphatic rings. The minimum Gasteiger partial charge on any atom is -0.326 e. The quantitative estimate of drug-likeness (QED) is 0.598. The number of anilines is 1. The fourth-order valence-corrected chi connectivity index (χ4v) is 1.55. The smallest absolute Gasteiger partial charge is 0.228 e. The van der Waals surface area contributed by atoms with Gasteiger partial charge in [-0.15, -0.1) is 0 Å². The van der Waals surface area contributed by atoms with Crippen molar-refractivity contribution in [3.8, 4) is 0 Å². The van der Waals surface area contributed by atoms with Crippen molar-refractivity contribution in [2.75, 3.05) is 5.32 Å². The lowest BCUT2D eigenvalue weighted by atomic mass is 10.0. The summed E-state index contributed by atoms with van der Waals surface area (Å²) in [7, 11) is 0. The second kappa shape index (κ2) is 3.05. The lowest BCUT2D eigenvalue weighted by Gasteiger charge is -2.04. The summed E-state index contributed by atoms with van der Waals surface area (Å²) in [4.78, 5) is 11.3. The van der Waals surface area contributed by atoms with Crippen LogP contribution in [0.1, 0.15) is 12.0 Å². The van der Waals surface area contributed by atoms with Gasteiger partial charge < -0.3 is 5.32 Å². The lowest BCUT2D eigenvalue weighted by Crippen LogP contribution is -2.09. The van der Waals surface area contributed by atoms with Crippen LogP contribution in [0.15, 0.2) is 36.4 Å². The maximum Gasteiger partial charge on any atom is 0.228 e. The molecule has 0 aliphatic carbocycles. The van der Waals surface area contributed by atoms with Crippen LogP contribution < -0.4 is 5.32 Å². The van der Waals surface area contributed by atoms with Gasteiger partial charge in [-0.3, -0.25) is 4.79 Å². The monoisotopic (exact) mass is 173 g/mol. The van der Waals surface area contributed by atoms with Gasteiger partial charge in [0.05, 0.1) is 0 Å². The number of carbonyl (C=O) groups excluding carboxylic acids is 1. The van der Waals surface area contributed by atoms with E-state index >= 15 is 0 Å². The van der Waals surface area contributed by atoms with Gasteiger partial charge in [-0.1, -0.05) is 30.4 Å². The Labute approximate surface area is 77.3 Å². The summed E-state index contributed by atoms with van der Waals surface area (Å²) in [6, 6.07) is 7.84. The Morgan fingerprint density at radius 2 is 2.00 bits per heavy atom. The topological polar surface area (TPSA) is 29.1 Å². The van der Waals surface area contributed by atoms with Crippen LogP contribution >= 0.6 is 0 Å². The second-order valence-electron chi connectivity index (χ2n) is 3.31. The highest BCUT2D eigenvalue weighted by molar-refractivity contribution is 5.94. The first kappa shape index (κ1) is 8.05. The van der Waals surface area contributed by atoms with Crippen molar-refractivity contribution in [3.63, 3.8) is 0 Å². The minimum atomic E-state index is 0.0370. The van der Waals surface area contributed by atoms with E-state index in [1.54, 1.807) is 0 Å². The van der Waals surface area contributed by atoms with Crippen molar-refractivity contribution < 1.29 is 4.79 Å². The molecule has 1 N–H and O–H groups in total. The predicted molar refractivity (Wildman–Crippen MR) is 52.5 cm³/mol. The Morgan fingerprint density at radius 3 is 2.85 bits per heavy atom. The molecule has 0 aromatic heterocycles. The molecule has 0 spiro atoms. The summed E-state index contributed by atoms with van der Waals surface area (Å²) in [5, 5.41) is 2.85. The van der Waals surface area contributed by atoms with E-state index in [0.29, 0.717) is 6.42 Å². The number of hydrogen-bond donors (Lipinski definition) is 1. The zero-order chi connectivity index (χ0) is 9.26. The zero-order valence-corrected chi connectivity index (χ0v) is 7.34. The summed E-state index contributed by atoms with van der Waals surface area (Å²) in [5.41, 5.74) is 3.05. The fraction of sp³-hybridized carbons (Fsp3) is 0.182. The highest BCUT2D eigenvalue weighted by Crippen LogP contribution is 2.23. The summed E-state index contributed by atoms with van der Waals surface area (Å²) in [6.07, 6.45) is 1.24. The average molecular weight is 173 g/mol. The molecule has 1 amide bonds. The second-order valence-corrected chi connectivity index (χ2v) is 3.31. The van der Waals surface area contributed by atoms with Crippen molar-refractivity contribution in [2.45, 2.75) is 12.8 Å². The maximum absolute atomic E-state index is 11.3. The Balaban J connectivity index is 2.43. The van der Waals surface area contributed by atoms with E-state index in [2.05, 4.69) is 11.9 Å². The highest BCUT2D eigenvalue weighted by atomic mass is 16.1. The Morgan fingerprint density at radius 1 is 1.23 bits per heavy atom. The van der Waals surface area contributed by atoms with Crippen molar-refractivity contribution in [1.29, 1.82) is 0 Å². The molecule has 13 heavy (non-hydrogen) atoms. The third-order valence-electron chi connectivity index (χ3n) is 2.14. The number of fused-ring (bicyclic) bond motifs is 1. The average Bonchev–Trinajstić information content (AvgIpc) is 2.20. The third kappa shape index (κ3) is 1.61. The molecule has 1 aromatic carbocycles. The van der Waals surface area contributed by atoms with Crippen LogP contribution in [-0.4, -0.2) is 5.91 Å². The maximum atomic E-state index is 11.3. The molecule has 1 heterocycles. The molecule has 1 aliphatic heterocycles. The first-order valence-electron chi connectivity index (χ1n) is 4.30. The van der Waals surface area contributed by atoms with E-state index in [4.69, 9.17) is 0 Å². The van der Waals surface area contributed by atoms with E-state index in [1.165, 1.54) is 0 Å². The van der Waals surface area contributed by atoms with Gasteiger partial charge in [0.1, 0.15) is 0 Å². The molecular weight excluding hydrogens is 162 g/mol. The zero-order valence-electron chi connectivity index (χ0n) is 7.34. The summed E-state index contributed by atoms with van der Waals surface area (Å²) in [5.74, 6) is 0.0370. The van der Waals surface area contributed by atoms with Gasteiger partial charge in [0.25, 0.3) is 0 Å². The molecule has 0 saturated carbocycles. The van der Waals surface area contributed by atoms with Crippen molar-refractivity contribution in [1.82, 2.24) is 0 Å². The number of carbonyl (C=O) groups is 1. The highest BCUT2D eigenvalue weighted by Gasteiger charge is 2.13. The number of para-hydroxylation sites is 1. The lowest BCUT2D eigenvalue weighted by molar-refractivity contribution is -0.115. The standard InChI is InChI=1S/C11H11NO/c1-8-6-9-4-2-3-5-10(9)12-11(13)7-8/h2-5H,1,6-7H2,(H,12,13). The Hall–Kier alpha value is -1.57. The van der Waals surface area contributed by atoms with Crippen molar-refractivity contribution in [3.05, 3.63) is 42.0 Å². The van der Waals surface area contributed by atoms with Crippen LogP contribution in [0.5, 0.6) is 0 Å². The van der Waals surface area contributed by atoms with Gasteiger partial charge in [0.15, 0.2) is 0 Å². The van der Waals surface area contributed by atoms with Crippen molar-refractivity contribution >= 4 is 11.6 Å². The van der Waals surface area contributed by atoms with Gasteiger partial charge in [-0.2, -0.15) is 0 Å². The molecule has 1 aromatic rings. The predicted octanol–water partition coefficient (Wildman–Crippen LogP) is 2.13. The number of rotatable bonds is 0. The largest absolute Gasteiger partial charge is 0.326 e. The van der Waals surface area contributed by atoms with Gasteiger partial charge in [0, 0.05) is 12.1 Å². The first-order chi connectivity index (χ1) is 6.25. The summed E-state index contributed by atoms with van der Waals surface area (Å²) >= 11 is 0. The summed E-state index contributed by atoms with van der Waals surface area (Å²) < 4.78 is 0. The van der Waals surface area contributed by atoms with Crippen molar-refractivity contribution in [2.24, 2.45) is 0 Å². The van der Waals surface area contributed by atoms with E-state index in [-0.39, 0.29) is 5.91 Å². The Bertz CT molecular complexity index is 333. The van der Waals surface area contributed by atoms with E-state index in [0.717, 1.165) is 23.2 Å². The molecule has 0 atom stereocenters. The van der Waals surface area contributed by atoms with E-state index in [1.807, 2.05) is 24.3 Å². The molecule has 2 rings (SSSR count). The number of nitrogens with one attached hydrogen (secondary N) is 1. The number of benzene rings is 1. The number of hydrogen-bond acceptors (Lipinski definition) is 1. The Kier molecular flexibility index (Phi) is 1.89. The molecule has 0 unspecified atom stereocenters. The SMILES string of the molecule is C=C1CC(=O)Nc2ccccc2C1.